The standard InChI is InChI=1S/C22H26N4O2S/c1-4-5-9-21-24-25-22(29)26(21)23-14-17-10-11-19(20(13-17)27-3)28-15-18-8-6-7-16(2)12-18/h6-8,10-14H,4-5,9,15H2,1-3H3,(H,25,29)/b23-14+. The normalized spacial score (nSPS) is 11.1. The van der Waals surface area contributed by atoms with Gasteiger partial charge in [0.05, 0.1) is 13.3 Å². The number of aryl methyl sites for hydroxylation is 2. The minimum Gasteiger partial charge on any atom is -0.493 e. The Balaban J connectivity index is 1.74. The van der Waals surface area contributed by atoms with Crippen molar-refractivity contribution in [1.82, 2.24) is 14.9 Å². The van der Waals surface area contributed by atoms with Gasteiger partial charge in [0.2, 0.25) is 4.77 Å². The lowest BCUT2D eigenvalue weighted by Gasteiger charge is -2.11. The molecule has 0 spiro atoms. The zero-order chi connectivity index (χ0) is 20.6. The fourth-order valence-corrected chi connectivity index (χ4v) is 3.11. The van der Waals surface area contributed by atoms with Gasteiger partial charge in [0.1, 0.15) is 6.61 Å². The number of methoxy groups -OCH3 is 1. The molecule has 1 heterocycles. The molecule has 0 aliphatic rings. The molecule has 0 unspecified atom stereocenters. The summed E-state index contributed by atoms with van der Waals surface area (Å²) in [5.41, 5.74) is 3.21. The van der Waals surface area contributed by atoms with Gasteiger partial charge in [-0.15, -0.1) is 0 Å². The lowest BCUT2D eigenvalue weighted by molar-refractivity contribution is 0.284. The molecule has 152 valence electrons. The molecular weight excluding hydrogens is 384 g/mol. The van der Waals surface area contributed by atoms with Gasteiger partial charge in [-0.3, -0.25) is 5.10 Å². The van der Waals surface area contributed by atoms with E-state index in [1.165, 1.54) is 5.56 Å². The molecule has 6 nitrogen and oxygen atoms in total. The van der Waals surface area contributed by atoms with Crippen molar-refractivity contribution in [2.75, 3.05) is 7.11 Å². The first-order valence-corrected chi connectivity index (χ1v) is 10.1. The summed E-state index contributed by atoms with van der Waals surface area (Å²) in [5, 5.41) is 11.6. The first kappa shape index (κ1) is 20.8. The quantitative estimate of drug-likeness (QED) is 0.395. The monoisotopic (exact) mass is 410 g/mol. The number of benzene rings is 2. The second-order valence-corrected chi connectivity index (χ2v) is 7.18. The summed E-state index contributed by atoms with van der Waals surface area (Å²) in [6.45, 7) is 4.69. The summed E-state index contributed by atoms with van der Waals surface area (Å²) < 4.78 is 13.6. The minimum atomic E-state index is 0.483. The van der Waals surface area contributed by atoms with Crippen molar-refractivity contribution in [3.05, 3.63) is 69.8 Å². The Morgan fingerprint density at radius 1 is 1.21 bits per heavy atom. The maximum atomic E-state index is 5.95. The number of hydrogen-bond donors (Lipinski definition) is 1. The van der Waals surface area contributed by atoms with Gasteiger partial charge in [0.15, 0.2) is 17.3 Å². The summed E-state index contributed by atoms with van der Waals surface area (Å²) in [5.74, 6) is 2.18. The Hall–Kier alpha value is -2.93. The van der Waals surface area contributed by atoms with Crippen molar-refractivity contribution in [2.45, 2.75) is 39.7 Å². The Labute approximate surface area is 176 Å². The highest BCUT2D eigenvalue weighted by Gasteiger charge is 2.07. The average Bonchev–Trinajstić information content (AvgIpc) is 3.08. The van der Waals surface area contributed by atoms with E-state index in [-0.39, 0.29) is 0 Å². The van der Waals surface area contributed by atoms with Crippen LogP contribution in [0.15, 0.2) is 47.6 Å². The van der Waals surface area contributed by atoms with E-state index in [2.05, 4.69) is 41.3 Å². The molecule has 7 heteroatoms. The highest BCUT2D eigenvalue weighted by atomic mass is 32.1. The van der Waals surface area contributed by atoms with Crippen LogP contribution in [0.25, 0.3) is 0 Å². The van der Waals surface area contributed by atoms with Crippen LogP contribution in [-0.2, 0) is 13.0 Å². The highest BCUT2D eigenvalue weighted by Crippen LogP contribution is 2.28. The maximum absolute atomic E-state index is 5.95. The van der Waals surface area contributed by atoms with Gasteiger partial charge in [-0.25, -0.2) is 0 Å². The molecule has 2 aromatic carbocycles. The largest absolute Gasteiger partial charge is 0.493 e. The van der Waals surface area contributed by atoms with Crippen LogP contribution in [0, 0.1) is 11.7 Å². The van der Waals surface area contributed by atoms with Gasteiger partial charge in [-0.1, -0.05) is 43.2 Å². The van der Waals surface area contributed by atoms with Crippen LogP contribution in [-0.4, -0.2) is 28.2 Å². The zero-order valence-corrected chi connectivity index (χ0v) is 17.8. The van der Waals surface area contributed by atoms with E-state index >= 15 is 0 Å². The van der Waals surface area contributed by atoms with Gasteiger partial charge >= 0.3 is 0 Å². The SMILES string of the molecule is CCCCc1n[nH]c(=S)n1/N=C/c1ccc(OCc2cccc(C)c2)c(OC)c1. The van der Waals surface area contributed by atoms with Crippen molar-refractivity contribution >= 4 is 18.4 Å². The molecule has 1 aromatic heterocycles. The number of H-pyrrole nitrogens is 1. The molecule has 0 bridgehead atoms. The Morgan fingerprint density at radius 3 is 2.83 bits per heavy atom. The lowest BCUT2D eigenvalue weighted by Crippen LogP contribution is -2.00. The smallest absolute Gasteiger partial charge is 0.216 e. The average molecular weight is 411 g/mol. The number of nitrogens with zero attached hydrogens (tertiary/aromatic N) is 3. The fraction of sp³-hybridized carbons (Fsp3) is 0.318. The van der Waals surface area contributed by atoms with E-state index in [9.17, 15) is 0 Å². The van der Waals surface area contributed by atoms with Gasteiger partial charge in [-0.2, -0.15) is 14.9 Å². The van der Waals surface area contributed by atoms with Crippen LogP contribution < -0.4 is 9.47 Å². The van der Waals surface area contributed by atoms with Crippen LogP contribution in [0.5, 0.6) is 11.5 Å². The minimum absolute atomic E-state index is 0.483. The van der Waals surface area contributed by atoms with Crippen LogP contribution in [0.1, 0.15) is 42.3 Å². The van der Waals surface area contributed by atoms with Crippen molar-refractivity contribution in [3.63, 3.8) is 0 Å². The number of unbranched alkanes of at least 4 members (excludes halogenated alkanes) is 1. The fourth-order valence-electron chi connectivity index (χ4n) is 2.91. The Morgan fingerprint density at radius 2 is 2.07 bits per heavy atom. The first-order chi connectivity index (χ1) is 14.1. The molecule has 0 fully saturated rings. The summed E-state index contributed by atoms with van der Waals surface area (Å²) >= 11 is 5.28. The predicted octanol–water partition coefficient (Wildman–Crippen LogP) is 5.06. The summed E-state index contributed by atoms with van der Waals surface area (Å²) in [4.78, 5) is 0. The molecule has 3 aromatic rings. The first-order valence-electron chi connectivity index (χ1n) is 9.67. The molecule has 0 aliphatic carbocycles. The number of rotatable bonds is 9. The number of aromatic nitrogens is 3. The van der Waals surface area contributed by atoms with E-state index in [0.29, 0.717) is 22.9 Å². The molecular formula is C22H26N4O2S. The number of ether oxygens (including phenoxy) is 2. The van der Waals surface area contributed by atoms with Crippen molar-refractivity contribution in [1.29, 1.82) is 0 Å². The second kappa shape index (κ2) is 10.0. The predicted molar refractivity (Wildman–Crippen MR) is 118 cm³/mol. The summed E-state index contributed by atoms with van der Waals surface area (Å²) in [6.07, 6.45) is 4.70. The molecule has 0 radical (unpaired) electrons. The van der Waals surface area contributed by atoms with Crippen LogP contribution in [0.2, 0.25) is 0 Å². The van der Waals surface area contributed by atoms with Crippen LogP contribution in [0.4, 0.5) is 0 Å². The third-order valence-electron chi connectivity index (χ3n) is 4.46. The molecule has 0 saturated heterocycles. The van der Waals surface area contributed by atoms with Crippen LogP contribution >= 0.6 is 12.2 Å². The molecule has 3 rings (SSSR count). The molecule has 0 amide bonds. The van der Waals surface area contributed by atoms with E-state index in [4.69, 9.17) is 21.7 Å². The van der Waals surface area contributed by atoms with E-state index < -0.39 is 0 Å². The Bertz CT molecular complexity index is 1040. The summed E-state index contributed by atoms with van der Waals surface area (Å²) in [7, 11) is 1.63. The molecule has 0 saturated carbocycles. The van der Waals surface area contributed by atoms with Gasteiger partial charge in [-0.05, 0) is 54.9 Å². The van der Waals surface area contributed by atoms with Gasteiger partial charge in [0, 0.05) is 6.42 Å². The second-order valence-electron chi connectivity index (χ2n) is 6.79. The van der Waals surface area contributed by atoms with Gasteiger partial charge < -0.3 is 9.47 Å². The molecule has 0 atom stereocenters. The van der Waals surface area contributed by atoms with Gasteiger partial charge in [0.25, 0.3) is 0 Å². The highest BCUT2D eigenvalue weighted by molar-refractivity contribution is 7.71. The molecule has 1 N–H and O–H groups in total. The van der Waals surface area contributed by atoms with E-state index in [1.807, 2.05) is 30.3 Å². The topological polar surface area (TPSA) is 64.4 Å². The zero-order valence-electron chi connectivity index (χ0n) is 17.0. The number of hydrogen-bond acceptors (Lipinski definition) is 5. The third-order valence-corrected chi connectivity index (χ3v) is 4.72. The van der Waals surface area contributed by atoms with Crippen molar-refractivity contribution < 1.29 is 9.47 Å². The van der Waals surface area contributed by atoms with E-state index in [1.54, 1.807) is 18.0 Å². The summed E-state index contributed by atoms with van der Waals surface area (Å²) in [6, 6.07) is 14.0. The Kier molecular flexibility index (Phi) is 7.19. The third kappa shape index (κ3) is 5.54. The number of nitrogens with one attached hydrogen (secondary N) is 1. The molecule has 0 aliphatic heterocycles. The van der Waals surface area contributed by atoms with E-state index in [0.717, 1.165) is 36.2 Å². The lowest BCUT2D eigenvalue weighted by atomic mass is 10.1. The van der Waals surface area contributed by atoms with Crippen molar-refractivity contribution in [3.8, 4) is 11.5 Å². The number of aromatic amines is 1. The molecule has 29 heavy (non-hydrogen) atoms. The van der Waals surface area contributed by atoms with Crippen LogP contribution in [0.3, 0.4) is 0 Å². The maximum Gasteiger partial charge on any atom is 0.216 e. The van der Waals surface area contributed by atoms with Crippen molar-refractivity contribution in [2.24, 2.45) is 5.10 Å².